The quantitative estimate of drug-likeness (QED) is 0.503. The summed E-state index contributed by atoms with van der Waals surface area (Å²) in [6, 6.07) is 15.8. The standard InChI is InChI=1S/C21H18N2O5S2/c1-13(20(26)27)28-16-9-7-15(8-10-16)11-17-19(25)23(21(29)30-17)22-18(24)12-14-5-3-2-4-6-14/h2-11,13H,12H2,1H3,(H,22,24)(H,26,27)/b17-11+. The molecule has 0 saturated carbocycles. The lowest BCUT2D eigenvalue weighted by Crippen LogP contribution is -2.45. The highest BCUT2D eigenvalue weighted by atomic mass is 32.2. The first-order chi connectivity index (χ1) is 14.3. The Bertz CT molecular complexity index is 1010. The lowest BCUT2D eigenvalue weighted by molar-refractivity contribution is -0.144. The number of amides is 2. The number of thiocarbonyl (C=S) groups is 1. The predicted molar refractivity (Wildman–Crippen MR) is 117 cm³/mol. The number of nitrogens with one attached hydrogen (secondary N) is 1. The molecule has 1 unspecified atom stereocenters. The molecule has 1 fully saturated rings. The molecule has 0 bridgehead atoms. The van der Waals surface area contributed by atoms with E-state index in [-0.39, 0.29) is 16.6 Å². The van der Waals surface area contributed by atoms with Crippen molar-refractivity contribution in [3.05, 3.63) is 70.6 Å². The van der Waals surface area contributed by atoms with Gasteiger partial charge in [0.2, 0.25) is 5.91 Å². The SMILES string of the molecule is CC(Oc1ccc(/C=C2/SC(=S)N(NC(=O)Cc3ccccc3)C2=O)cc1)C(=O)O. The monoisotopic (exact) mass is 442 g/mol. The topological polar surface area (TPSA) is 95.9 Å². The molecule has 0 spiro atoms. The number of ether oxygens (including phenoxy) is 1. The fraction of sp³-hybridized carbons (Fsp3) is 0.143. The molecule has 1 saturated heterocycles. The zero-order chi connectivity index (χ0) is 21.7. The first-order valence-corrected chi connectivity index (χ1v) is 10.2. The highest BCUT2D eigenvalue weighted by molar-refractivity contribution is 8.26. The number of aliphatic carboxylic acids is 1. The van der Waals surface area contributed by atoms with E-state index in [2.05, 4.69) is 5.43 Å². The number of hydrazine groups is 1. The summed E-state index contributed by atoms with van der Waals surface area (Å²) in [6.45, 7) is 1.44. The summed E-state index contributed by atoms with van der Waals surface area (Å²) in [5, 5.41) is 9.96. The van der Waals surface area contributed by atoms with Crippen molar-refractivity contribution < 1.29 is 24.2 Å². The van der Waals surface area contributed by atoms with Crippen LogP contribution in [0, 0.1) is 0 Å². The van der Waals surface area contributed by atoms with E-state index in [1.54, 1.807) is 30.3 Å². The zero-order valence-electron chi connectivity index (χ0n) is 15.9. The van der Waals surface area contributed by atoms with E-state index in [1.807, 2.05) is 30.3 Å². The number of carboxylic acids is 1. The number of carbonyl (C=O) groups excluding carboxylic acids is 2. The smallest absolute Gasteiger partial charge is 0.344 e. The molecule has 0 aromatic heterocycles. The number of carbonyl (C=O) groups is 3. The molecule has 3 rings (SSSR count). The zero-order valence-corrected chi connectivity index (χ0v) is 17.5. The second-order valence-electron chi connectivity index (χ2n) is 6.38. The summed E-state index contributed by atoms with van der Waals surface area (Å²) in [5.41, 5.74) is 4.09. The van der Waals surface area contributed by atoms with Crippen LogP contribution < -0.4 is 10.2 Å². The fourth-order valence-corrected chi connectivity index (χ4v) is 3.74. The fourth-order valence-electron chi connectivity index (χ4n) is 2.56. The number of hydrogen-bond donors (Lipinski definition) is 2. The number of rotatable bonds is 7. The molecule has 0 radical (unpaired) electrons. The van der Waals surface area contributed by atoms with Gasteiger partial charge in [0.25, 0.3) is 5.91 Å². The molecular formula is C21H18N2O5S2. The van der Waals surface area contributed by atoms with Crippen molar-refractivity contribution in [3.8, 4) is 5.75 Å². The van der Waals surface area contributed by atoms with Crippen LogP contribution in [0.25, 0.3) is 6.08 Å². The summed E-state index contributed by atoms with van der Waals surface area (Å²) in [7, 11) is 0. The van der Waals surface area contributed by atoms with E-state index < -0.39 is 18.0 Å². The second kappa shape index (κ2) is 9.55. The summed E-state index contributed by atoms with van der Waals surface area (Å²) < 4.78 is 5.52. The third-order valence-electron chi connectivity index (χ3n) is 4.08. The Labute approximate surface area is 182 Å². The highest BCUT2D eigenvalue weighted by Gasteiger charge is 2.33. The van der Waals surface area contributed by atoms with Gasteiger partial charge in [-0.25, -0.2) is 4.79 Å². The van der Waals surface area contributed by atoms with Gasteiger partial charge in [-0.1, -0.05) is 54.2 Å². The van der Waals surface area contributed by atoms with Crippen molar-refractivity contribution in [2.45, 2.75) is 19.4 Å². The molecule has 2 amide bonds. The van der Waals surface area contributed by atoms with Gasteiger partial charge in [-0.15, -0.1) is 0 Å². The van der Waals surface area contributed by atoms with Gasteiger partial charge >= 0.3 is 5.97 Å². The first kappa shape index (κ1) is 21.5. The van der Waals surface area contributed by atoms with Crippen LogP contribution in [0.2, 0.25) is 0 Å². The largest absolute Gasteiger partial charge is 0.479 e. The van der Waals surface area contributed by atoms with Crippen LogP contribution >= 0.6 is 24.0 Å². The number of hydrogen-bond acceptors (Lipinski definition) is 6. The normalized spacial score (nSPS) is 15.9. The van der Waals surface area contributed by atoms with E-state index in [1.165, 1.54) is 6.92 Å². The van der Waals surface area contributed by atoms with Crippen LogP contribution in [0.4, 0.5) is 0 Å². The summed E-state index contributed by atoms with van der Waals surface area (Å²) in [6.07, 6.45) is 0.812. The molecule has 2 N–H and O–H groups in total. The third-order valence-corrected chi connectivity index (χ3v) is 5.38. The van der Waals surface area contributed by atoms with Crippen molar-refractivity contribution in [2.75, 3.05) is 0 Å². The van der Waals surface area contributed by atoms with Crippen molar-refractivity contribution in [1.29, 1.82) is 0 Å². The molecule has 0 aliphatic carbocycles. The van der Waals surface area contributed by atoms with Gasteiger partial charge in [-0.05, 0) is 48.5 Å². The van der Waals surface area contributed by atoms with Crippen molar-refractivity contribution in [3.63, 3.8) is 0 Å². The van der Waals surface area contributed by atoms with Gasteiger partial charge in [-0.3, -0.25) is 15.0 Å². The minimum Gasteiger partial charge on any atom is -0.479 e. The lowest BCUT2D eigenvalue weighted by atomic mass is 10.1. The molecule has 2 aromatic carbocycles. The van der Waals surface area contributed by atoms with Gasteiger partial charge in [-0.2, -0.15) is 5.01 Å². The molecule has 2 aromatic rings. The minimum atomic E-state index is -1.06. The third kappa shape index (κ3) is 5.46. The Morgan fingerprint density at radius 1 is 1.20 bits per heavy atom. The van der Waals surface area contributed by atoms with E-state index >= 15 is 0 Å². The summed E-state index contributed by atoms with van der Waals surface area (Å²) in [4.78, 5) is 36.1. The molecule has 1 atom stereocenters. The average Bonchev–Trinajstić information content (AvgIpc) is 2.97. The van der Waals surface area contributed by atoms with Gasteiger partial charge in [0.15, 0.2) is 10.4 Å². The molecule has 9 heteroatoms. The highest BCUT2D eigenvalue weighted by Crippen LogP contribution is 2.31. The van der Waals surface area contributed by atoms with Crippen LogP contribution in [0.1, 0.15) is 18.1 Å². The van der Waals surface area contributed by atoms with Crippen LogP contribution in [-0.4, -0.2) is 38.3 Å². The predicted octanol–water partition coefficient (Wildman–Crippen LogP) is 3.01. The summed E-state index contributed by atoms with van der Waals surface area (Å²) >= 11 is 6.31. The lowest BCUT2D eigenvalue weighted by Gasteiger charge is -2.15. The van der Waals surface area contributed by atoms with Gasteiger partial charge in [0.1, 0.15) is 5.75 Å². The Kier molecular flexibility index (Phi) is 6.86. The van der Waals surface area contributed by atoms with Crippen LogP contribution in [0.3, 0.4) is 0 Å². The van der Waals surface area contributed by atoms with Crippen molar-refractivity contribution in [2.24, 2.45) is 0 Å². The Morgan fingerprint density at radius 2 is 1.87 bits per heavy atom. The molecule has 1 aliphatic rings. The van der Waals surface area contributed by atoms with Crippen LogP contribution in [0.5, 0.6) is 5.75 Å². The second-order valence-corrected chi connectivity index (χ2v) is 8.06. The van der Waals surface area contributed by atoms with Crippen molar-refractivity contribution in [1.82, 2.24) is 10.4 Å². The minimum absolute atomic E-state index is 0.132. The van der Waals surface area contributed by atoms with Crippen molar-refractivity contribution >= 4 is 52.2 Å². The maximum atomic E-state index is 12.6. The average molecular weight is 443 g/mol. The number of carboxylic acid groups (broad SMARTS) is 1. The van der Waals surface area contributed by atoms with Crippen LogP contribution in [0.15, 0.2) is 59.5 Å². The molecular weight excluding hydrogens is 424 g/mol. The Balaban J connectivity index is 1.64. The van der Waals surface area contributed by atoms with Gasteiger partial charge in [0.05, 0.1) is 11.3 Å². The summed E-state index contributed by atoms with van der Waals surface area (Å²) in [5.74, 6) is -1.40. The molecule has 30 heavy (non-hydrogen) atoms. The number of nitrogens with zero attached hydrogens (tertiary/aromatic N) is 1. The molecule has 1 aliphatic heterocycles. The molecule has 7 nitrogen and oxygen atoms in total. The van der Waals surface area contributed by atoms with Gasteiger partial charge in [0, 0.05) is 0 Å². The van der Waals surface area contributed by atoms with E-state index in [9.17, 15) is 14.4 Å². The van der Waals surface area contributed by atoms with E-state index in [0.29, 0.717) is 16.2 Å². The number of thioether (sulfide) groups is 1. The first-order valence-electron chi connectivity index (χ1n) is 8.94. The molecule has 154 valence electrons. The van der Waals surface area contributed by atoms with E-state index in [0.717, 1.165) is 22.3 Å². The van der Waals surface area contributed by atoms with Gasteiger partial charge < -0.3 is 9.84 Å². The Hall–Kier alpha value is -3.17. The number of benzene rings is 2. The maximum absolute atomic E-state index is 12.6. The molecule has 1 heterocycles. The van der Waals surface area contributed by atoms with Crippen LogP contribution in [-0.2, 0) is 20.8 Å². The maximum Gasteiger partial charge on any atom is 0.344 e. The Morgan fingerprint density at radius 3 is 2.50 bits per heavy atom. The van der Waals surface area contributed by atoms with E-state index in [4.69, 9.17) is 22.1 Å².